The van der Waals surface area contributed by atoms with Gasteiger partial charge >= 0.3 is 0 Å². The standard InChI is InChI=1S/C39H66O12/c1-17(2)8-11-26(41)18(3)29-27(50-36-34(46)32(44)30(42)19(4)48-36)16-25-23-10-9-21-14-22(40)15-28(39(21,7)24(23)12-13-38(25,29)6)51-37-35(47)33(45)31(43)20(5)49-37/h9,17-20,22-37,40-47H,8,10-16H2,1-7H3/t18-,19+,20+,22-,23-,24+,25+,26+,27+,28-,29+,30+,31+,32-,33-,34-,35-,36+,37+,38+,39+/m1/s1. The second-order valence-electron chi connectivity index (χ2n) is 18.1. The van der Waals surface area contributed by atoms with Crippen LogP contribution in [-0.2, 0) is 18.9 Å². The number of allylic oxidation sites excluding steroid dienone is 1. The van der Waals surface area contributed by atoms with Crippen molar-refractivity contribution < 1.29 is 59.8 Å². The molecule has 2 saturated heterocycles. The lowest BCUT2D eigenvalue weighted by Gasteiger charge is -2.60. The zero-order valence-corrected chi connectivity index (χ0v) is 31.5. The summed E-state index contributed by atoms with van der Waals surface area (Å²) in [5, 5.41) is 86.4. The zero-order chi connectivity index (χ0) is 37.3. The Balaban J connectivity index is 1.30. The fourth-order valence-electron chi connectivity index (χ4n) is 11.6. The van der Waals surface area contributed by atoms with Crippen molar-refractivity contribution >= 4 is 0 Å². The van der Waals surface area contributed by atoms with Gasteiger partial charge in [0.1, 0.15) is 36.6 Å². The van der Waals surface area contributed by atoms with Crippen molar-refractivity contribution in [3.63, 3.8) is 0 Å². The molecular formula is C39H66O12. The maximum absolute atomic E-state index is 11.6. The van der Waals surface area contributed by atoms with Gasteiger partial charge in [0.25, 0.3) is 0 Å². The molecule has 0 spiro atoms. The van der Waals surface area contributed by atoms with Gasteiger partial charge in [0.05, 0.1) is 36.6 Å². The molecule has 0 aromatic heterocycles. The molecule has 2 aliphatic heterocycles. The molecule has 5 fully saturated rings. The summed E-state index contributed by atoms with van der Waals surface area (Å²) >= 11 is 0. The van der Waals surface area contributed by atoms with Crippen LogP contribution in [0.2, 0.25) is 0 Å². The summed E-state index contributed by atoms with van der Waals surface area (Å²) in [4.78, 5) is 0. The molecule has 12 nitrogen and oxygen atoms in total. The fourth-order valence-corrected chi connectivity index (χ4v) is 11.6. The van der Waals surface area contributed by atoms with E-state index >= 15 is 0 Å². The summed E-state index contributed by atoms with van der Waals surface area (Å²) < 4.78 is 25.1. The monoisotopic (exact) mass is 726 g/mol. The van der Waals surface area contributed by atoms with E-state index < -0.39 is 85.1 Å². The van der Waals surface area contributed by atoms with E-state index in [-0.39, 0.29) is 41.1 Å². The van der Waals surface area contributed by atoms with E-state index in [1.807, 2.05) is 0 Å². The Hall–Kier alpha value is -0.740. The molecule has 0 unspecified atom stereocenters. The number of aliphatic hydroxyl groups is 8. The Morgan fingerprint density at radius 1 is 0.784 bits per heavy atom. The second kappa shape index (κ2) is 15.1. The van der Waals surface area contributed by atoms with Crippen LogP contribution in [0.3, 0.4) is 0 Å². The fraction of sp³-hybridized carbons (Fsp3) is 0.949. The number of rotatable bonds is 9. The van der Waals surface area contributed by atoms with Crippen LogP contribution in [0.15, 0.2) is 11.6 Å². The molecule has 0 amide bonds. The lowest BCUT2D eigenvalue weighted by atomic mass is 9.46. The zero-order valence-electron chi connectivity index (χ0n) is 31.5. The van der Waals surface area contributed by atoms with Crippen molar-refractivity contribution in [1.82, 2.24) is 0 Å². The van der Waals surface area contributed by atoms with Gasteiger partial charge in [0.2, 0.25) is 0 Å². The van der Waals surface area contributed by atoms with E-state index in [2.05, 4.69) is 40.7 Å². The molecule has 8 N–H and O–H groups in total. The number of ether oxygens (including phenoxy) is 4. The molecule has 12 heteroatoms. The highest BCUT2D eigenvalue weighted by Crippen LogP contribution is 2.68. The number of hydrogen-bond donors (Lipinski definition) is 8. The Morgan fingerprint density at radius 3 is 1.96 bits per heavy atom. The van der Waals surface area contributed by atoms with Crippen molar-refractivity contribution in [1.29, 1.82) is 0 Å². The Morgan fingerprint density at radius 2 is 1.37 bits per heavy atom. The lowest BCUT2D eigenvalue weighted by molar-refractivity contribution is -0.318. The lowest BCUT2D eigenvalue weighted by Crippen LogP contribution is -2.61. The van der Waals surface area contributed by atoms with Gasteiger partial charge in [-0.2, -0.15) is 0 Å². The normalized spacial score (nSPS) is 52.8. The minimum absolute atomic E-state index is 0.0701. The van der Waals surface area contributed by atoms with Gasteiger partial charge in [-0.3, -0.25) is 0 Å². The summed E-state index contributed by atoms with van der Waals surface area (Å²) in [7, 11) is 0. The van der Waals surface area contributed by atoms with Crippen LogP contribution in [0.25, 0.3) is 0 Å². The topological polar surface area (TPSA) is 199 Å². The molecule has 0 radical (unpaired) electrons. The third-order valence-corrected chi connectivity index (χ3v) is 14.7. The average molecular weight is 727 g/mol. The molecule has 6 aliphatic rings. The first-order valence-electron chi connectivity index (χ1n) is 19.7. The van der Waals surface area contributed by atoms with Crippen LogP contribution in [0.5, 0.6) is 0 Å². The molecule has 3 saturated carbocycles. The first-order chi connectivity index (χ1) is 23.9. The van der Waals surface area contributed by atoms with E-state index in [0.29, 0.717) is 31.6 Å². The van der Waals surface area contributed by atoms with Crippen LogP contribution in [0.4, 0.5) is 0 Å². The van der Waals surface area contributed by atoms with Gasteiger partial charge in [-0.05, 0) is 99.7 Å². The van der Waals surface area contributed by atoms with Gasteiger partial charge < -0.3 is 59.8 Å². The summed E-state index contributed by atoms with van der Waals surface area (Å²) in [5.74, 6) is 0.813. The minimum atomic E-state index is -1.45. The molecule has 0 aromatic rings. The summed E-state index contributed by atoms with van der Waals surface area (Å²) in [6.45, 7) is 14.2. The van der Waals surface area contributed by atoms with E-state index in [9.17, 15) is 40.9 Å². The van der Waals surface area contributed by atoms with Gasteiger partial charge in [0.15, 0.2) is 12.6 Å². The van der Waals surface area contributed by atoms with Crippen LogP contribution < -0.4 is 0 Å². The van der Waals surface area contributed by atoms with Crippen molar-refractivity contribution in [2.45, 2.75) is 186 Å². The highest BCUT2D eigenvalue weighted by atomic mass is 16.7. The van der Waals surface area contributed by atoms with Crippen LogP contribution >= 0.6 is 0 Å². The molecule has 51 heavy (non-hydrogen) atoms. The third-order valence-electron chi connectivity index (χ3n) is 14.7. The van der Waals surface area contributed by atoms with Crippen molar-refractivity contribution in [3.8, 4) is 0 Å². The van der Waals surface area contributed by atoms with E-state index in [1.54, 1.807) is 13.8 Å². The summed E-state index contributed by atoms with van der Waals surface area (Å²) in [6.07, 6.45) is -6.11. The maximum atomic E-state index is 11.6. The first-order valence-corrected chi connectivity index (χ1v) is 19.7. The van der Waals surface area contributed by atoms with Gasteiger partial charge in [-0.1, -0.05) is 46.3 Å². The second-order valence-corrected chi connectivity index (χ2v) is 18.1. The Kier molecular flexibility index (Phi) is 11.8. The molecule has 2 heterocycles. The molecule has 0 aromatic carbocycles. The Labute approximate surface area is 303 Å². The van der Waals surface area contributed by atoms with E-state index in [1.165, 1.54) is 0 Å². The summed E-state index contributed by atoms with van der Waals surface area (Å²) in [5.41, 5.74) is 0.416. The van der Waals surface area contributed by atoms with Crippen LogP contribution in [0, 0.1) is 46.3 Å². The largest absolute Gasteiger partial charge is 0.393 e. The molecule has 21 atom stereocenters. The number of fused-ring (bicyclic) bond motifs is 5. The Bertz CT molecular complexity index is 1230. The highest BCUT2D eigenvalue weighted by Gasteiger charge is 2.65. The number of hydrogen-bond acceptors (Lipinski definition) is 12. The van der Waals surface area contributed by atoms with Crippen LogP contribution in [-0.4, -0.2) is 127 Å². The SMILES string of the molecule is CC(C)CC[C@H](O)[C@@H](C)[C@H]1[C@@H](O[C@@H]2O[C@@H](C)[C@H](O)[C@@H](O)[C@H]2O)C[C@H]2[C@@H]3CC=C4C[C@@H](O)C[C@@H](O[C@@H]5O[C@@H](C)[C@H](O)[C@@H](O)[C@H]5O)[C@]4(C)[C@H]3CC[C@]12C. The van der Waals surface area contributed by atoms with E-state index in [0.717, 1.165) is 31.3 Å². The number of aliphatic hydroxyl groups excluding tert-OH is 8. The first kappa shape index (κ1) is 39.9. The molecule has 6 rings (SSSR count). The molecular weight excluding hydrogens is 660 g/mol. The van der Waals surface area contributed by atoms with Crippen molar-refractivity contribution in [2.24, 2.45) is 46.3 Å². The van der Waals surface area contributed by atoms with Crippen molar-refractivity contribution in [3.05, 3.63) is 11.6 Å². The van der Waals surface area contributed by atoms with Crippen LogP contribution in [0.1, 0.15) is 99.8 Å². The van der Waals surface area contributed by atoms with Gasteiger partial charge in [0, 0.05) is 11.8 Å². The quantitative estimate of drug-likeness (QED) is 0.161. The van der Waals surface area contributed by atoms with E-state index in [4.69, 9.17) is 18.9 Å². The third kappa shape index (κ3) is 7.01. The molecule has 4 aliphatic carbocycles. The van der Waals surface area contributed by atoms with Gasteiger partial charge in [-0.25, -0.2) is 0 Å². The predicted molar refractivity (Wildman–Crippen MR) is 186 cm³/mol. The summed E-state index contributed by atoms with van der Waals surface area (Å²) in [6, 6.07) is 0. The predicted octanol–water partition coefficient (Wildman–Crippen LogP) is 2.00. The smallest absolute Gasteiger partial charge is 0.186 e. The molecule has 0 bridgehead atoms. The average Bonchev–Trinajstić information content (AvgIpc) is 3.38. The minimum Gasteiger partial charge on any atom is -0.393 e. The van der Waals surface area contributed by atoms with Crippen molar-refractivity contribution in [2.75, 3.05) is 0 Å². The van der Waals surface area contributed by atoms with Gasteiger partial charge in [-0.15, -0.1) is 0 Å². The molecule has 294 valence electrons. The highest BCUT2D eigenvalue weighted by molar-refractivity contribution is 5.28. The maximum Gasteiger partial charge on any atom is 0.186 e.